The summed E-state index contributed by atoms with van der Waals surface area (Å²) in [7, 11) is 1.27. The van der Waals surface area contributed by atoms with E-state index in [1.54, 1.807) is 24.3 Å². The lowest BCUT2D eigenvalue weighted by Gasteiger charge is -2.15. The number of carbonyl (C=O) groups is 3. The first kappa shape index (κ1) is 22.7. The summed E-state index contributed by atoms with van der Waals surface area (Å²) in [4.78, 5) is 34.4. The predicted octanol–water partition coefficient (Wildman–Crippen LogP) is 0.698. The summed E-state index contributed by atoms with van der Waals surface area (Å²) in [6, 6.07) is 5.79. The van der Waals surface area contributed by atoms with E-state index in [4.69, 9.17) is 10.5 Å². The van der Waals surface area contributed by atoms with E-state index in [2.05, 4.69) is 15.4 Å². The molecule has 4 N–H and O–H groups in total. The Morgan fingerprint density at radius 2 is 1.76 bits per heavy atom. The molecule has 0 unspecified atom stereocenters. The highest BCUT2D eigenvalue weighted by Crippen LogP contribution is 2.15. The fourth-order valence-electron chi connectivity index (χ4n) is 1.63. The van der Waals surface area contributed by atoms with Crippen molar-refractivity contribution in [3.05, 3.63) is 24.3 Å². The van der Waals surface area contributed by atoms with Gasteiger partial charge in [0.05, 0.1) is 19.7 Å². The van der Waals surface area contributed by atoms with Gasteiger partial charge in [-0.1, -0.05) is 13.8 Å². The average molecular weight is 374 g/mol. The normalized spacial score (nSPS) is 11.1. The second kappa shape index (κ2) is 11.3. The summed E-state index contributed by atoms with van der Waals surface area (Å²) in [5.41, 5.74) is 6.22. The molecule has 1 rings (SSSR count). The van der Waals surface area contributed by atoms with Gasteiger partial charge in [0.25, 0.3) is 0 Å². The molecule has 2 amide bonds. The number of rotatable bonds is 8. The van der Waals surface area contributed by atoms with Crippen molar-refractivity contribution in [2.24, 2.45) is 11.7 Å². The minimum atomic E-state index is -0.649. The van der Waals surface area contributed by atoms with Crippen molar-refractivity contribution in [2.75, 3.05) is 25.6 Å². The highest BCUT2D eigenvalue weighted by molar-refractivity contribution is 5.95. The summed E-state index contributed by atoms with van der Waals surface area (Å²) in [6.45, 7) is 3.30. The second-order valence-electron chi connectivity index (χ2n) is 5.42. The number of carbonyl (C=O) groups excluding carboxylic acids is 3. The summed E-state index contributed by atoms with van der Waals surface area (Å²) in [6.07, 6.45) is 0. The molecule has 25 heavy (non-hydrogen) atoms. The molecule has 0 bridgehead atoms. The van der Waals surface area contributed by atoms with E-state index in [-0.39, 0.29) is 43.3 Å². The molecule has 0 saturated heterocycles. The van der Waals surface area contributed by atoms with Gasteiger partial charge in [0.1, 0.15) is 5.75 Å². The molecule has 140 valence electrons. The minimum Gasteiger partial charge on any atom is -0.482 e. The second-order valence-corrected chi connectivity index (χ2v) is 5.42. The van der Waals surface area contributed by atoms with Gasteiger partial charge in [0, 0.05) is 5.69 Å². The number of methoxy groups -OCH3 is 1. The van der Waals surface area contributed by atoms with E-state index in [0.717, 1.165) is 0 Å². The molecule has 0 fully saturated rings. The number of halogens is 1. The van der Waals surface area contributed by atoms with Crippen LogP contribution in [0.3, 0.4) is 0 Å². The molecule has 1 aromatic rings. The number of anilines is 1. The molecule has 0 aliphatic rings. The van der Waals surface area contributed by atoms with Crippen LogP contribution in [-0.4, -0.2) is 44.1 Å². The summed E-state index contributed by atoms with van der Waals surface area (Å²) < 4.78 is 9.65. The van der Waals surface area contributed by atoms with Crippen molar-refractivity contribution in [1.82, 2.24) is 5.32 Å². The van der Waals surface area contributed by atoms with Crippen molar-refractivity contribution in [2.45, 2.75) is 19.9 Å². The first-order valence-electron chi connectivity index (χ1n) is 7.46. The van der Waals surface area contributed by atoms with Crippen molar-refractivity contribution < 1.29 is 23.9 Å². The van der Waals surface area contributed by atoms with Gasteiger partial charge in [-0.3, -0.25) is 9.59 Å². The van der Waals surface area contributed by atoms with E-state index >= 15 is 0 Å². The van der Waals surface area contributed by atoms with Crippen LogP contribution < -0.4 is 21.1 Å². The Labute approximate surface area is 152 Å². The minimum absolute atomic E-state index is 0. The van der Waals surface area contributed by atoms with Crippen molar-refractivity contribution in [1.29, 1.82) is 0 Å². The maximum absolute atomic E-state index is 11.8. The zero-order valence-corrected chi connectivity index (χ0v) is 15.2. The molecule has 8 nitrogen and oxygen atoms in total. The number of hydrogen-bond donors (Lipinski definition) is 3. The van der Waals surface area contributed by atoms with Crippen molar-refractivity contribution in [3.63, 3.8) is 0 Å². The van der Waals surface area contributed by atoms with Gasteiger partial charge in [-0.25, -0.2) is 4.79 Å². The number of hydrogen-bond acceptors (Lipinski definition) is 6. The standard InChI is InChI=1S/C16H23N3O5.ClH/c1-10(2)15(17)16(22)18-8-13(20)19-11-4-6-12(7-5-11)24-9-14(21)23-3;/h4-7,10,15H,8-9,17H2,1-3H3,(H,18,22)(H,19,20);1H/t15-;/m0./s1. The maximum atomic E-state index is 11.8. The number of nitrogens with one attached hydrogen (secondary N) is 2. The topological polar surface area (TPSA) is 120 Å². The van der Waals surface area contributed by atoms with E-state index < -0.39 is 12.0 Å². The number of nitrogens with two attached hydrogens (primary N) is 1. The largest absolute Gasteiger partial charge is 0.482 e. The maximum Gasteiger partial charge on any atom is 0.343 e. The molecular formula is C16H24ClN3O5. The SMILES string of the molecule is COC(=O)COc1ccc(NC(=O)CNC(=O)[C@@H](N)C(C)C)cc1.Cl. The third kappa shape index (κ3) is 8.37. The average Bonchev–Trinajstić information content (AvgIpc) is 2.57. The zero-order chi connectivity index (χ0) is 18.1. The third-order valence-electron chi connectivity index (χ3n) is 3.17. The molecule has 9 heteroatoms. The van der Waals surface area contributed by atoms with Crippen LogP contribution in [0.4, 0.5) is 5.69 Å². The fraction of sp³-hybridized carbons (Fsp3) is 0.438. The lowest BCUT2D eigenvalue weighted by molar-refractivity contribution is -0.142. The zero-order valence-electron chi connectivity index (χ0n) is 14.4. The van der Waals surface area contributed by atoms with Crippen molar-refractivity contribution >= 4 is 35.9 Å². The number of ether oxygens (including phenoxy) is 2. The molecule has 0 aromatic heterocycles. The monoisotopic (exact) mass is 373 g/mol. The summed E-state index contributed by atoms with van der Waals surface area (Å²) >= 11 is 0. The molecule has 0 spiro atoms. The summed E-state index contributed by atoms with van der Waals surface area (Å²) in [5, 5.41) is 5.11. The number of esters is 1. The Morgan fingerprint density at radius 3 is 2.28 bits per heavy atom. The first-order valence-corrected chi connectivity index (χ1v) is 7.46. The lowest BCUT2D eigenvalue weighted by atomic mass is 10.1. The molecule has 0 radical (unpaired) electrons. The lowest BCUT2D eigenvalue weighted by Crippen LogP contribution is -2.46. The van der Waals surface area contributed by atoms with Crippen LogP contribution >= 0.6 is 12.4 Å². The molecule has 0 aliphatic heterocycles. The van der Waals surface area contributed by atoms with Crippen molar-refractivity contribution in [3.8, 4) is 5.75 Å². The molecule has 1 aromatic carbocycles. The predicted molar refractivity (Wildman–Crippen MR) is 95.7 cm³/mol. The van der Waals surface area contributed by atoms with Crippen LogP contribution in [0.25, 0.3) is 0 Å². The van der Waals surface area contributed by atoms with Gasteiger partial charge < -0.3 is 25.8 Å². The van der Waals surface area contributed by atoms with Gasteiger partial charge in [0.15, 0.2) is 6.61 Å². The Hall–Kier alpha value is -2.32. The Bertz CT molecular complexity index is 578. The van der Waals surface area contributed by atoms with Gasteiger partial charge >= 0.3 is 5.97 Å². The van der Waals surface area contributed by atoms with Crippen LogP contribution in [0.15, 0.2) is 24.3 Å². The number of amides is 2. The highest BCUT2D eigenvalue weighted by atomic mass is 35.5. The van der Waals surface area contributed by atoms with E-state index in [0.29, 0.717) is 11.4 Å². The van der Waals surface area contributed by atoms with Crippen LogP contribution in [-0.2, 0) is 19.1 Å². The molecule has 0 saturated carbocycles. The number of benzene rings is 1. The van der Waals surface area contributed by atoms with Crippen LogP contribution in [0.5, 0.6) is 5.75 Å². The van der Waals surface area contributed by atoms with Crippen LogP contribution in [0.2, 0.25) is 0 Å². The van der Waals surface area contributed by atoms with E-state index in [1.165, 1.54) is 7.11 Å². The fourth-order valence-corrected chi connectivity index (χ4v) is 1.63. The van der Waals surface area contributed by atoms with E-state index in [9.17, 15) is 14.4 Å². The van der Waals surface area contributed by atoms with Gasteiger partial charge in [-0.15, -0.1) is 12.4 Å². The van der Waals surface area contributed by atoms with Gasteiger partial charge in [-0.05, 0) is 30.2 Å². The Kier molecular flexibility index (Phi) is 10.2. The summed E-state index contributed by atoms with van der Waals surface area (Å²) in [5.74, 6) is -0.767. The quantitative estimate of drug-likeness (QED) is 0.577. The molecule has 0 heterocycles. The van der Waals surface area contributed by atoms with E-state index in [1.807, 2.05) is 13.8 Å². The Morgan fingerprint density at radius 1 is 1.16 bits per heavy atom. The van der Waals surface area contributed by atoms with Crippen LogP contribution in [0, 0.1) is 5.92 Å². The molecule has 0 aliphatic carbocycles. The smallest absolute Gasteiger partial charge is 0.343 e. The molecule has 1 atom stereocenters. The van der Waals surface area contributed by atoms with Gasteiger partial charge in [-0.2, -0.15) is 0 Å². The Balaban J connectivity index is 0.00000576. The highest BCUT2D eigenvalue weighted by Gasteiger charge is 2.17. The molecular weight excluding hydrogens is 350 g/mol. The van der Waals surface area contributed by atoms with Gasteiger partial charge in [0.2, 0.25) is 11.8 Å². The van der Waals surface area contributed by atoms with Crippen LogP contribution in [0.1, 0.15) is 13.8 Å². The first-order chi connectivity index (χ1) is 11.3. The third-order valence-corrected chi connectivity index (χ3v) is 3.17.